The van der Waals surface area contributed by atoms with Gasteiger partial charge in [0.05, 0.1) is 5.70 Å². The number of aliphatic imine (C=N–C) groups is 1. The van der Waals surface area contributed by atoms with Crippen molar-refractivity contribution in [3.05, 3.63) is 59.9 Å². The molecule has 3 fully saturated rings. The van der Waals surface area contributed by atoms with Crippen molar-refractivity contribution in [2.24, 2.45) is 10.9 Å². The van der Waals surface area contributed by atoms with Crippen molar-refractivity contribution < 1.29 is 9.53 Å². The molecule has 1 aromatic rings. The Bertz CT molecular complexity index is 942. The maximum Gasteiger partial charge on any atom is 0.149 e. The smallest absolute Gasteiger partial charge is 0.149 e. The Morgan fingerprint density at radius 3 is 2.28 bits per heavy atom. The number of allylic oxidation sites excluding steroid dienone is 1. The average molecular weight is 494 g/mol. The lowest BCUT2D eigenvalue weighted by atomic mass is 9.72. The van der Waals surface area contributed by atoms with E-state index in [4.69, 9.17) is 14.5 Å². The molecule has 2 saturated carbocycles. The fourth-order valence-corrected chi connectivity index (χ4v) is 5.77. The number of hydrogen-bond acceptors (Lipinski definition) is 7. The van der Waals surface area contributed by atoms with Crippen molar-refractivity contribution in [2.75, 3.05) is 20.2 Å². The molecule has 3 aliphatic heterocycles. The number of rotatable bonds is 6. The second-order valence-electron chi connectivity index (χ2n) is 10.8. The number of carbonyl (C=O) groups is 1. The molecule has 3 heterocycles. The van der Waals surface area contributed by atoms with Crippen molar-refractivity contribution >= 4 is 12.6 Å². The van der Waals surface area contributed by atoms with Crippen LogP contribution in [0.2, 0.25) is 0 Å². The monoisotopic (exact) mass is 493 g/mol. The molecule has 4 atom stereocenters. The van der Waals surface area contributed by atoms with Gasteiger partial charge in [-0.2, -0.15) is 0 Å². The number of hydrogen-bond donors (Lipinski definition) is 2. The molecule has 5 aliphatic rings. The van der Waals surface area contributed by atoms with Gasteiger partial charge in [0.25, 0.3) is 0 Å². The number of hydrazine groups is 1. The van der Waals surface area contributed by atoms with E-state index in [1.807, 2.05) is 50.3 Å². The van der Waals surface area contributed by atoms with E-state index in [1.165, 1.54) is 43.4 Å². The van der Waals surface area contributed by atoms with E-state index in [9.17, 15) is 0 Å². The number of nitrogens with zero attached hydrogens (tertiary/aromatic N) is 3. The molecule has 4 unspecified atom stereocenters. The molecule has 1 aromatic carbocycles. The van der Waals surface area contributed by atoms with Gasteiger partial charge in [-0.25, -0.2) is 10.4 Å². The standard InChI is InChI=1S/C22H35N5O.C6H6.CH2O/c1-5-21(9-10-21)24-18-6-8-22(18,28-4)20-23-19-16(3)12-17(14-27(19)25-20)26-11-7-15(2)13-26;1-2-4-6-5-3-1;1-2/h12,14-15,18,20,24-25H,5-11,13H2,1-4H3;1-6H;1H2. The number of benzene rings is 1. The zero-order valence-corrected chi connectivity index (χ0v) is 22.4. The first-order valence-electron chi connectivity index (χ1n) is 13.4. The Morgan fingerprint density at radius 2 is 1.81 bits per heavy atom. The molecular formula is C29H43N5O2. The third-order valence-corrected chi connectivity index (χ3v) is 8.44. The number of likely N-dealkylation sites (tertiary alicyclic amines) is 1. The summed E-state index contributed by atoms with van der Waals surface area (Å²) in [6, 6.07) is 12.4. The van der Waals surface area contributed by atoms with Crippen LogP contribution in [0.25, 0.3) is 0 Å². The zero-order chi connectivity index (χ0) is 25.8. The van der Waals surface area contributed by atoms with Crippen LogP contribution in [-0.4, -0.2) is 66.1 Å². The van der Waals surface area contributed by atoms with Crippen molar-refractivity contribution in [1.29, 1.82) is 0 Å². The summed E-state index contributed by atoms with van der Waals surface area (Å²) in [4.78, 5) is 15.6. The molecule has 0 amide bonds. The van der Waals surface area contributed by atoms with E-state index in [-0.39, 0.29) is 11.8 Å². The van der Waals surface area contributed by atoms with Crippen molar-refractivity contribution in [3.63, 3.8) is 0 Å². The molecule has 0 spiro atoms. The lowest BCUT2D eigenvalue weighted by Gasteiger charge is -2.52. The normalized spacial score (nSPS) is 31.4. The molecule has 0 aromatic heterocycles. The molecule has 7 nitrogen and oxygen atoms in total. The molecule has 6 rings (SSSR count). The lowest BCUT2D eigenvalue weighted by molar-refractivity contribution is -0.130. The van der Waals surface area contributed by atoms with E-state index < -0.39 is 0 Å². The maximum atomic E-state index is 8.00. The summed E-state index contributed by atoms with van der Waals surface area (Å²) < 4.78 is 6.16. The first-order valence-corrected chi connectivity index (χ1v) is 13.4. The number of methoxy groups -OCH3 is 1. The highest BCUT2D eigenvalue weighted by Gasteiger charge is 2.58. The van der Waals surface area contributed by atoms with Crippen molar-refractivity contribution in [1.82, 2.24) is 20.7 Å². The fraction of sp³-hybridized carbons (Fsp3) is 0.586. The van der Waals surface area contributed by atoms with Gasteiger partial charge in [-0.05, 0) is 63.0 Å². The Hall–Kier alpha value is -2.48. The van der Waals surface area contributed by atoms with Gasteiger partial charge in [0.2, 0.25) is 0 Å². The first kappa shape index (κ1) is 26.6. The van der Waals surface area contributed by atoms with E-state index >= 15 is 0 Å². The maximum absolute atomic E-state index is 8.00. The zero-order valence-electron chi connectivity index (χ0n) is 22.4. The van der Waals surface area contributed by atoms with Crippen LogP contribution in [-0.2, 0) is 9.53 Å². The molecular weight excluding hydrogens is 450 g/mol. The van der Waals surface area contributed by atoms with Crippen LogP contribution in [0.3, 0.4) is 0 Å². The number of fused-ring (bicyclic) bond motifs is 1. The predicted molar refractivity (Wildman–Crippen MR) is 145 cm³/mol. The van der Waals surface area contributed by atoms with Crippen molar-refractivity contribution in [2.45, 2.75) is 82.6 Å². The van der Waals surface area contributed by atoms with Gasteiger partial charge in [0, 0.05) is 38.0 Å². The number of carbonyl (C=O) groups excluding carboxylic acids is 1. The molecule has 1 saturated heterocycles. The van der Waals surface area contributed by atoms with Crippen LogP contribution >= 0.6 is 0 Å². The Morgan fingerprint density at radius 1 is 1.14 bits per heavy atom. The van der Waals surface area contributed by atoms with Gasteiger partial charge >= 0.3 is 0 Å². The largest absolute Gasteiger partial charge is 0.373 e. The van der Waals surface area contributed by atoms with Crippen molar-refractivity contribution in [3.8, 4) is 0 Å². The molecule has 2 aliphatic carbocycles. The summed E-state index contributed by atoms with van der Waals surface area (Å²) in [5, 5.41) is 6.07. The molecule has 0 radical (unpaired) electrons. The number of amidine groups is 1. The van der Waals surface area contributed by atoms with Crippen LogP contribution in [0.4, 0.5) is 0 Å². The van der Waals surface area contributed by atoms with Crippen LogP contribution in [0, 0.1) is 5.92 Å². The molecule has 0 bridgehead atoms. The van der Waals surface area contributed by atoms with Crippen LogP contribution in [0.15, 0.2) is 64.9 Å². The second kappa shape index (κ2) is 11.3. The van der Waals surface area contributed by atoms with Gasteiger partial charge < -0.3 is 19.7 Å². The lowest BCUT2D eigenvalue weighted by Crippen LogP contribution is -2.70. The van der Waals surface area contributed by atoms with E-state index in [0.717, 1.165) is 31.3 Å². The van der Waals surface area contributed by atoms with Gasteiger partial charge in [0.1, 0.15) is 24.4 Å². The average Bonchev–Trinajstić information content (AvgIpc) is 3.34. The molecule has 196 valence electrons. The number of ether oxygens (including phenoxy) is 1. The van der Waals surface area contributed by atoms with Gasteiger partial charge in [-0.1, -0.05) is 50.2 Å². The molecule has 2 N–H and O–H groups in total. The first-order chi connectivity index (χ1) is 17.5. The quantitative estimate of drug-likeness (QED) is 0.617. The third-order valence-electron chi connectivity index (χ3n) is 8.44. The minimum absolute atomic E-state index is 0.0390. The highest BCUT2D eigenvalue weighted by Crippen LogP contribution is 2.46. The fourth-order valence-electron chi connectivity index (χ4n) is 5.77. The van der Waals surface area contributed by atoms with Crippen LogP contribution in [0.5, 0.6) is 0 Å². The summed E-state index contributed by atoms with van der Waals surface area (Å²) in [5.74, 6) is 1.82. The molecule has 36 heavy (non-hydrogen) atoms. The minimum Gasteiger partial charge on any atom is -0.373 e. The van der Waals surface area contributed by atoms with E-state index in [0.29, 0.717) is 11.6 Å². The van der Waals surface area contributed by atoms with Gasteiger partial charge in [0.15, 0.2) is 0 Å². The van der Waals surface area contributed by atoms with E-state index in [2.05, 4.69) is 53.7 Å². The third kappa shape index (κ3) is 5.29. The van der Waals surface area contributed by atoms with E-state index in [1.54, 1.807) is 0 Å². The Balaban J connectivity index is 0.000000330. The van der Waals surface area contributed by atoms with Gasteiger partial charge in [-0.3, -0.25) is 5.01 Å². The topological polar surface area (TPSA) is 69.2 Å². The molecule has 7 heteroatoms. The van der Waals surface area contributed by atoms with Crippen LogP contribution < -0.4 is 10.7 Å². The highest BCUT2D eigenvalue weighted by molar-refractivity contribution is 6.00. The minimum atomic E-state index is -0.258. The van der Waals surface area contributed by atoms with Crippen LogP contribution in [0.1, 0.15) is 59.3 Å². The number of nitrogens with one attached hydrogen (secondary N) is 2. The summed E-state index contributed by atoms with van der Waals surface area (Å²) in [7, 11) is 1.86. The summed E-state index contributed by atoms with van der Waals surface area (Å²) in [6.07, 6.45) is 11.8. The summed E-state index contributed by atoms with van der Waals surface area (Å²) in [6.45, 7) is 11.1. The Labute approximate surface area is 216 Å². The van der Waals surface area contributed by atoms with Gasteiger partial charge in [-0.15, -0.1) is 0 Å². The Kier molecular flexibility index (Phi) is 8.33. The highest BCUT2D eigenvalue weighted by atomic mass is 16.5. The predicted octanol–water partition coefficient (Wildman–Crippen LogP) is 4.26. The second-order valence-corrected chi connectivity index (χ2v) is 10.8. The summed E-state index contributed by atoms with van der Waals surface area (Å²) in [5.41, 5.74) is 6.28. The summed E-state index contributed by atoms with van der Waals surface area (Å²) >= 11 is 0. The SMILES string of the molecule is C=O.CCC1(NC2CCC2(OC)C2N=C3C(C)=CC(N4CCC(C)C4)=CN3N2)CC1.c1ccccc1.